The first kappa shape index (κ1) is 12.7. The highest BCUT2D eigenvalue weighted by atomic mass is 16.5. The van der Waals surface area contributed by atoms with Crippen molar-refractivity contribution in [3.8, 4) is 11.8 Å². The lowest BCUT2D eigenvalue weighted by atomic mass is 9.95. The molecule has 96 valence electrons. The third-order valence-electron chi connectivity index (χ3n) is 3.34. The average Bonchev–Trinajstić information content (AvgIpc) is 2.41. The van der Waals surface area contributed by atoms with Crippen LogP contribution in [0.15, 0.2) is 18.2 Å². The Morgan fingerprint density at radius 2 is 2.11 bits per heavy atom. The number of hydrogen-bond donors (Lipinski definition) is 1. The minimum atomic E-state index is 0.152. The van der Waals surface area contributed by atoms with Crippen LogP contribution in [0, 0.1) is 11.3 Å². The van der Waals surface area contributed by atoms with Crippen molar-refractivity contribution in [3.05, 3.63) is 23.8 Å². The first-order chi connectivity index (χ1) is 8.72. The molecule has 0 aliphatic heterocycles. The van der Waals surface area contributed by atoms with Crippen LogP contribution < -0.4 is 10.5 Å². The molecule has 1 aliphatic rings. The van der Waals surface area contributed by atoms with Crippen LogP contribution in [-0.4, -0.2) is 19.3 Å². The lowest BCUT2D eigenvalue weighted by Gasteiger charge is -2.29. The molecule has 0 amide bonds. The molecule has 18 heavy (non-hydrogen) atoms. The highest BCUT2D eigenvalue weighted by molar-refractivity contribution is 5.56. The molecule has 2 N–H and O–H groups in total. The molecule has 0 aromatic heterocycles. The Hall–Kier alpha value is -1.73. The topological polar surface area (TPSA) is 68.3 Å². The maximum absolute atomic E-state index is 8.78. The van der Waals surface area contributed by atoms with Gasteiger partial charge in [0.15, 0.2) is 0 Å². The summed E-state index contributed by atoms with van der Waals surface area (Å²) in [5.41, 5.74) is 6.95. The molecule has 2 rings (SSSR count). The van der Waals surface area contributed by atoms with Crippen LogP contribution in [0.1, 0.15) is 31.2 Å². The number of anilines is 1. The molecule has 0 spiro atoms. The van der Waals surface area contributed by atoms with Gasteiger partial charge in [0.05, 0.1) is 23.4 Å². The quantitative estimate of drug-likeness (QED) is 0.832. The van der Waals surface area contributed by atoms with Crippen molar-refractivity contribution >= 4 is 5.69 Å². The summed E-state index contributed by atoms with van der Waals surface area (Å²) in [4.78, 5) is 0. The van der Waals surface area contributed by atoms with E-state index in [0.29, 0.717) is 17.0 Å². The van der Waals surface area contributed by atoms with Crippen molar-refractivity contribution in [2.24, 2.45) is 0 Å². The highest BCUT2D eigenvalue weighted by Crippen LogP contribution is 2.29. The Balaban J connectivity index is 2.03. The monoisotopic (exact) mass is 246 g/mol. The van der Waals surface area contributed by atoms with Gasteiger partial charge < -0.3 is 15.2 Å². The Kier molecular flexibility index (Phi) is 4.06. The van der Waals surface area contributed by atoms with Gasteiger partial charge in [-0.2, -0.15) is 5.26 Å². The van der Waals surface area contributed by atoms with E-state index in [-0.39, 0.29) is 12.2 Å². The van der Waals surface area contributed by atoms with Crippen LogP contribution in [0.2, 0.25) is 0 Å². The third-order valence-corrected chi connectivity index (χ3v) is 3.34. The normalized spacial score (nSPS) is 23.3. The van der Waals surface area contributed by atoms with Crippen molar-refractivity contribution in [3.63, 3.8) is 0 Å². The van der Waals surface area contributed by atoms with Crippen molar-refractivity contribution in [2.75, 3.05) is 12.8 Å². The average molecular weight is 246 g/mol. The molecular formula is C14H18N2O2. The van der Waals surface area contributed by atoms with Crippen molar-refractivity contribution in [1.29, 1.82) is 5.26 Å². The number of nitrogens with zero attached hydrogens (tertiary/aromatic N) is 1. The van der Waals surface area contributed by atoms with Crippen molar-refractivity contribution in [1.82, 2.24) is 0 Å². The molecule has 2 atom stereocenters. The number of nitriles is 1. The molecule has 1 saturated carbocycles. The van der Waals surface area contributed by atoms with Crippen LogP contribution in [0.3, 0.4) is 0 Å². The Morgan fingerprint density at radius 1 is 1.33 bits per heavy atom. The number of benzene rings is 1. The van der Waals surface area contributed by atoms with E-state index in [1.807, 2.05) is 0 Å². The molecule has 0 bridgehead atoms. The summed E-state index contributed by atoms with van der Waals surface area (Å²) < 4.78 is 11.3. The number of hydrogen-bond acceptors (Lipinski definition) is 4. The summed E-state index contributed by atoms with van der Waals surface area (Å²) in [6.45, 7) is 0. The summed E-state index contributed by atoms with van der Waals surface area (Å²) in [6, 6.07) is 7.20. The molecule has 2 unspecified atom stereocenters. The molecule has 0 heterocycles. The van der Waals surface area contributed by atoms with Gasteiger partial charge in [-0.3, -0.25) is 0 Å². The largest absolute Gasteiger partial charge is 0.488 e. The van der Waals surface area contributed by atoms with Gasteiger partial charge in [-0.05, 0) is 37.5 Å². The highest BCUT2D eigenvalue weighted by Gasteiger charge is 2.23. The van der Waals surface area contributed by atoms with E-state index in [2.05, 4.69) is 6.07 Å². The first-order valence-corrected chi connectivity index (χ1v) is 6.22. The molecule has 0 saturated heterocycles. The van der Waals surface area contributed by atoms with E-state index >= 15 is 0 Å². The van der Waals surface area contributed by atoms with Crippen molar-refractivity contribution in [2.45, 2.75) is 37.9 Å². The van der Waals surface area contributed by atoms with E-state index < -0.39 is 0 Å². The SMILES string of the molecule is COC1CCCC(Oc2ccc(C#N)cc2N)C1. The Bertz CT molecular complexity index is 454. The molecule has 0 radical (unpaired) electrons. The number of methoxy groups -OCH3 is 1. The summed E-state index contributed by atoms with van der Waals surface area (Å²) in [5, 5.41) is 8.78. The second-order valence-electron chi connectivity index (χ2n) is 4.63. The maximum atomic E-state index is 8.78. The van der Waals surface area contributed by atoms with Gasteiger partial charge in [0.25, 0.3) is 0 Å². The van der Waals surface area contributed by atoms with Gasteiger partial charge in [0, 0.05) is 13.5 Å². The lowest BCUT2D eigenvalue weighted by Crippen LogP contribution is -2.29. The molecular weight excluding hydrogens is 228 g/mol. The van der Waals surface area contributed by atoms with Crippen LogP contribution in [0.25, 0.3) is 0 Å². The predicted octanol–water partition coefficient (Wildman–Crippen LogP) is 2.48. The zero-order valence-corrected chi connectivity index (χ0v) is 10.6. The molecule has 1 aromatic carbocycles. The smallest absolute Gasteiger partial charge is 0.142 e. The number of nitrogen functional groups attached to an aromatic ring is 1. The van der Waals surface area contributed by atoms with Crippen LogP contribution >= 0.6 is 0 Å². The number of rotatable bonds is 3. The molecule has 1 aromatic rings. The van der Waals surface area contributed by atoms with E-state index in [1.165, 1.54) is 0 Å². The van der Waals surface area contributed by atoms with E-state index in [1.54, 1.807) is 25.3 Å². The van der Waals surface area contributed by atoms with Gasteiger partial charge in [0.1, 0.15) is 11.9 Å². The number of nitrogens with two attached hydrogens (primary N) is 1. The first-order valence-electron chi connectivity index (χ1n) is 6.22. The summed E-state index contributed by atoms with van der Waals surface area (Å²) in [6.07, 6.45) is 4.57. The van der Waals surface area contributed by atoms with Crippen LogP contribution in [0.4, 0.5) is 5.69 Å². The van der Waals surface area contributed by atoms with Gasteiger partial charge in [-0.15, -0.1) is 0 Å². The Morgan fingerprint density at radius 3 is 2.78 bits per heavy atom. The minimum Gasteiger partial charge on any atom is -0.488 e. The van der Waals surface area contributed by atoms with E-state index in [0.717, 1.165) is 25.7 Å². The zero-order valence-electron chi connectivity index (χ0n) is 10.6. The van der Waals surface area contributed by atoms with Gasteiger partial charge in [-0.1, -0.05) is 0 Å². The molecule has 1 fully saturated rings. The molecule has 4 nitrogen and oxygen atoms in total. The van der Waals surface area contributed by atoms with Gasteiger partial charge >= 0.3 is 0 Å². The summed E-state index contributed by atoms with van der Waals surface area (Å²) >= 11 is 0. The maximum Gasteiger partial charge on any atom is 0.142 e. The fraction of sp³-hybridized carbons (Fsp3) is 0.500. The second-order valence-corrected chi connectivity index (χ2v) is 4.63. The predicted molar refractivity (Wildman–Crippen MR) is 69.3 cm³/mol. The van der Waals surface area contributed by atoms with Gasteiger partial charge in [-0.25, -0.2) is 0 Å². The molecule has 4 heteroatoms. The minimum absolute atomic E-state index is 0.152. The van der Waals surface area contributed by atoms with Crippen molar-refractivity contribution < 1.29 is 9.47 Å². The van der Waals surface area contributed by atoms with Gasteiger partial charge in [0.2, 0.25) is 0 Å². The van der Waals surface area contributed by atoms with E-state index in [4.69, 9.17) is 20.5 Å². The van der Waals surface area contributed by atoms with Crippen LogP contribution in [-0.2, 0) is 4.74 Å². The lowest BCUT2D eigenvalue weighted by molar-refractivity contribution is 0.0212. The van der Waals surface area contributed by atoms with Crippen LogP contribution in [0.5, 0.6) is 5.75 Å². The summed E-state index contributed by atoms with van der Waals surface area (Å²) in [7, 11) is 1.74. The third kappa shape index (κ3) is 2.93. The summed E-state index contributed by atoms with van der Waals surface area (Å²) in [5.74, 6) is 0.663. The number of ether oxygens (including phenoxy) is 2. The second kappa shape index (κ2) is 5.74. The van der Waals surface area contributed by atoms with E-state index in [9.17, 15) is 0 Å². The fourth-order valence-corrected chi connectivity index (χ4v) is 2.33. The zero-order chi connectivity index (χ0) is 13.0. The fourth-order valence-electron chi connectivity index (χ4n) is 2.33. The standard InChI is InChI=1S/C14H18N2O2/c1-17-11-3-2-4-12(8-11)18-14-6-5-10(9-15)7-13(14)16/h5-7,11-12H,2-4,8,16H2,1H3. The molecule has 1 aliphatic carbocycles. The Labute approximate surface area is 107 Å².